The number of rotatable bonds is 2. The Morgan fingerprint density at radius 2 is 2.18 bits per heavy atom. The fourth-order valence-corrected chi connectivity index (χ4v) is 2.64. The van der Waals surface area contributed by atoms with Gasteiger partial charge in [-0.3, -0.25) is 4.79 Å². The smallest absolute Gasteiger partial charge is 0.254 e. The first-order chi connectivity index (χ1) is 8.15. The number of nitrogens with one attached hydrogen (secondary N) is 1. The number of H-pyrrole nitrogens is 1. The summed E-state index contributed by atoms with van der Waals surface area (Å²) in [7, 11) is 0. The van der Waals surface area contributed by atoms with Crippen LogP contribution in [0.2, 0.25) is 0 Å². The largest absolute Gasteiger partial charge is 0.310 e. The van der Waals surface area contributed by atoms with E-state index in [0.29, 0.717) is 11.5 Å². The molecule has 0 bridgehead atoms. The van der Waals surface area contributed by atoms with Crippen LogP contribution in [0.15, 0.2) is 16.2 Å². The lowest BCUT2D eigenvalue weighted by Crippen LogP contribution is -2.15. The molecule has 0 spiro atoms. The Bertz CT molecular complexity index is 623. The van der Waals surface area contributed by atoms with Crippen LogP contribution in [0.5, 0.6) is 0 Å². The molecule has 0 unspecified atom stereocenters. The second-order valence-corrected chi connectivity index (χ2v) is 5.76. The maximum Gasteiger partial charge on any atom is 0.254 e. The lowest BCUT2D eigenvalue weighted by molar-refractivity contribution is 0.901. The van der Waals surface area contributed by atoms with Gasteiger partial charge in [0, 0.05) is 27.3 Å². The van der Waals surface area contributed by atoms with Crippen molar-refractivity contribution in [2.45, 2.75) is 32.6 Å². The van der Waals surface area contributed by atoms with Gasteiger partial charge in [0.15, 0.2) is 0 Å². The summed E-state index contributed by atoms with van der Waals surface area (Å²) in [6.45, 7) is 3.91. The van der Waals surface area contributed by atoms with E-state index in [1.807, 2.05) is 6.92 Å². The Morgan fingerprint density at radius 3 is 2.76 bits per heavy atom. The minimum Gasteiger partial charge on any atom is -0.310 e. The summed E-state index contributed by atoms with van der Waals surface area (Å²) in [5.74, 6) is 1.33. The fraction of sp³-hybridized carbons (Fsp3) is 0.385. The lowest BCUT2D eigenvalue weighted by atomic mass is 10.1. The lowest BCUT2D eigenvalue weighted by Gasteiger charge is -2.05. The van der Waals surface area contributed by atoms with Gasteiger partial charge in [-0.15, -0.1) is 11.3 Å². The molecule has 2 aromatic heterocycles. The molecular weight excluding hydrogens is 232 g/mol. The van der Waals surface area contributed by atoms with Crippen molar-refractivity contribution in [1.29, 1.82) is 0 Å². The molecule has 0 radical (unpaired) electrons. The average Bonchev–Trinajstić information content (AvgIpc) is 3.05. The van der Waals surface area contributed by atoms with E-state index in [4.69, 9.17) is 0 Å². The highest BCUT2D eigenvalue weighted by Gasteiger charge is 2.27. The van der Waals surface area contributed by atoms with Crippen LogP contribution < -0.4 is 5.56 Å². The van der Waals surface area contributed by atoms with Crippen LogP contribution >= 0.6 is 11.3 Å². The number of hydrogen-bond donors (Lipinski definition) is 1. The van der Waals surface area contributed by atoms with E-state index in [9.17, 15) is 4.79 Å². The first-order valence-electron chi connectivity index (χ1n) is 5.81. The van der Waals surface area contributed by atoms with Crippen molar-refractivity contribution in [3.8, 4) is 11.3 Å². The SMILES string of the molecule is Cc1cc(-c2nc(C3CC3)[nH]c(=O)c2C)cs1. The van der Waals surface area contributed by atoms with Crippen molar-refractivity contribution in [1.82, 2.24) is 9.97 Å². The molecular formula is C13H14N2OS. The van der Waals surface area contributed by atoms with Gasteiger partial charge in [0.05, 0.1) is 5.69 Å². The standard InChI is InChI=1S/C13H14N2OS/c1-7-5-10(6-17-7)11-8(2)13(16)15-12(14-11)9-3-4-9/h5-6,9H,3-4H2,1-2H3,(H,14,15,16). The molecule has 2 heterocycles. The van der Waals surface area contributed by atoms with Gasteiger partial charge in [0.1, 0.15) is 5.82 Å². The fourth-order valence-electron chi connectivity index (χ4n) is 1.95. The zero-order valence-electron chi connectivity index (χ0n) is 9.91. The van der Waals surface area contributed by atoms with Gasteiger partial charge < -0.3 is 4.98 Å². The first-order valence-corrected chi connectivity index (χ1v) is 6.69. The number of thiophene rings is 1. The van der Waals surface area contributed by atoms with Crippen LogP contribution in [-0.4, -0.2) is 9.97 Å². The van der Waals surface area contributed by atoms with E-state index in [1.54, 1.807) is 11.3 Å². The minimum atomic E-state index is 0.000697. The van der Waals surface area contributed by atoms with Crippen molar-refractivity contribution in [2.24, 2.45) is 0 Å². The molecule has 1 aliphatic carbocycles. The third-order valence-electron chi connectivity index (χ3n) is 3.14. The molecule has 4 heteroatoms. The Morgan fingerprint density at radius 1 is 1.41 bits per heavy atom. The van der Waals surface area contributed by atoms with E-state index >= 15 is 0 Å². The summed E-state index contributed by atoms with van der Waals surface area (Å²) in [6.07, 6.45) is 2.29. The van der Waals surface area contributed by atoms with Crippen LogP contribution in [-0.2, 0) is 0 Å². The molecule has 3 rings (SSSR count). The third-order valence-corrected chi connectivity index (χ3v) is 4.00. The summed E-state index contributed by atoms with van der Waals surface area (Å²) in [5.41, 5.74) is 2.63. The Kier molecular flexibility index (Phi) is 2.40. The molecule has 1 N–H and O–H groups in total. The van der Waals surface area contributed by atoms with Crippen molar-refractivity contribution in [3.63, 3.8) is 0 Å². The molecule has 1 fully saturated rings. The minimum absolute atomic E-state index is 0.000697. The van der Waals surface area contributed by atoms with Crippen LogP contribution in [0, 0.1) is 13.8 Å². The normalized spacial score (nSPS) is 15.2. The highest BCUT2D eigenvalue weighted by molar-refractivity contribution is 7.10. The molecule has 2 aromatic rings. The van der Waals surface area contributed by atoms with Crippen molar-refractivity contribution in [3.05, 3.63) is 38.1 Å². The average molecular weight is 246 g/mol. The zero-order chi connectivity index (χ0) is 12.0. The number of aromatic amines is 1. The number of aryl methyl sites for hydroxylation is 1. The van der Waals surface area contributed by atoms with E-state index in [-0.39, 0.29) is 5.56 Å². The number of nitrogens with zero attached hydrogens (tertiary/aromatic N) is 1. The second kappa shape index (κ2) is 3.81. The van der Waals surface area contributed by atoms with Crippen LogP contribution in [0.1, 0.15) is 35.0 Å². The number of aromatic nitrogens is 2. The van der Waals surface area contributed by atoms with Crippen LogP contribution in [0.25, 0.3) is 11.3 Å². The zero-order valence-corrected chi connectivity index (χ0v) is 10.7. The van der Waals surface area contributed by atoms with Crippen molar-refractivity contribution < 1.29 is 0 Å². The third kappa shape index (κ3) is 1.93. The summed E-state index contributed by atoms with van der Waals surface area (Å²) < 4.78 is 0. The van der Waals surface area contributed by atoms with Gasteiger partial charge in [-0.25, -0.2) is 4.98 Å². The molecule has 88 valence electrons. The topological polar surface area (TPSA) is 45.8 Å². The van der Waals surface area contributed by atoms with Gasteiger partial charge in [0.2, 0.25) is 0 Å². The highest BCUT2D eigenvalue weighted by Crippen LogP contribution is 2.38. The maximum absolute atomic E-state index is 11.9. The van der Waals surface area contributed by atoms with E-state index in [2.05, 4.69) is 28.3 Å². The van der Waals surface area contributed by atoms with Crippen molar-refractivity contribution >= 4 is 11.3 Å². The monoisotopic (exact) mass is 246 g/mol. The van der Waals surface area contributed by atoms with Gasteiger partial charge >= 0.3 is 0 Å². The van der Waals surface area contributed by atoms with Crippen LogP contribution in [0.3, 0.4) is 0 Å². The summed E-state index contributed by atoms with van der Waals surface area (Å²) in [5, 5.41) is 2.07. The molecule has 17 heavy (non-hydrogen) atoms. The van der Waals surface area contributed by atoms with Gasteiger partial charge in [-0.05, 0) is 32.8 Å². The Labute approximate surface area is 104 Å². The number of hydrogen-bond acceptors (Lipinski definition) is 3. The quantitative estimate of drug-likeness (QED) is 0.885. The molecule has 0 saturated heterocycles. The predicted octanol–water partition coefficient (Wildman–Crippen LogP) is 2.99. The molecule has 0 aliphatic heterocycles. The molecule has 0 aromatic carbocycles. The van der Waals surface area contributed by atoms with E-state index in [0.717, 1.165) is 29.9 Å². The Balaban J connectivity index is 2.17. The van der Waals surface area contributed by atoms with E-state index in [1.165, 1.54) is 4.88 Å². The van der Waals surface area contributed by atoms with Gasteiger partial charge in [-0.1, -0.05) is 0 Å². The highest BCUT2D eigenvalue weighted by atomic mass is 32.1. The van der Waals surface area contributed by atoms with Gasteiger partial charge in [0.25, 0.3) is 5.56 Å². The van der Waals surface area contributed by atoms with E-state index < -0.39 is 0 Å². The van der Waals surface area contributed by atoms with Crippen molar-refractivity contribution in [2.75, 3.05) is 0 Å². The van der Waals surface area contributed by atoms with Gasteiger partial charge in [-0.2, -0.15) is 0 Å². The van der Waals surface area contributed by atoms with Crippen LogP contribution in [0.4, 0.5) is 0 Å². The maximum atomic E-state index is 11.9. The summed E-state index contributed by atoms with van der Waals surface area (Å²) in [6, 6.07) is 2.09. The first kappa shape index (κ1) is 10.7. The second-order valence-electron chi connectivity index (χ2n) is 4.65. The molecule has 0 atom stereocenters. The summed E-state index contributed by atoms with van der Waals surface area (Å²) >= 11 is 1.69. The molecule has 1 saturated carbocycles. The predicted molar refractivity (Wildman–Crippen MR) is 69.6 cm³/mol. The molecule has 3 nitrogen and oxygen atoms in total. The molecule has 0 amide bonds. The molecule has 1 aliphatic rings. The Hall–Kier alpha value is -1.42. The summed E-state index contributed by atoms with van der Waals surface area (Å²) in [4.78, 5) is 20.6.